The van der Waals surface area contributed by atoms with Gasteiger partial charge >= 0.3 is 0 Å². The Hall–Kier alpha value is -3.87. The van der Waals surface area contributed by atoms with Crippen molar-refractivity contribution >= 4 is 5.96 Å². The maximum absolute atomic E-state index is 5.57. The van der Waals surface area contributed by atoms with Crippen LogP contribution in [-0.2, 0) is 13.1 Å². The van der Waals surface area contributed by atoms with E-state index >= 15 is 0 Å². The van der Waals surface area contributed by atoms with Crippen molar-refractivity contribution in [3.8, 4) is 22.8 Å². The lowest BCUT2D eigenvalue weighted by Crippen LogP contribution is -2.36. The summed E-state index contributed by atoms with van der Waals surface area (Å²) >= 11 is 0. The van der Waals surface area contributed by atoms with Gasteiger partial charge in [0.2, 0.25) is 5.89 Å². The largest absolute Gasteiger partial charge is 0.444 e. The minimum Gasteiger partial charge on any atom is -0.444 e. The lowest BCUT2D eigenvalue weighted by Gasteiger charge is -2.09. The van der Waals surface area contributed by atoms with E-state index in [0.717, 1.165) is 34.8 Å². The van der Waals surface area contributed by atoms with Crippen molar-refractivity contribution in [2.75, 3.05) is 6.54 Å². The van der Waals surface area contributed by atoms with Gasteiger partial charge in [-0.15, -0.1) is 0 Å². The summed E-state index contributed by atoms with van der Waals surface area (Å²) in [5.74, 6) is 2.01. The fourth-order valence-corrected chi connectivity index (χ4v) is 2.90. The average Bonchev–Trinajstić information content (AvgIpc) is 3.47. The van der Waals surface area contributed by atoms with Gasteiger partial charge in [0.15, 0.2) is 11.7 Å². The van der Waals surface area contributed by atoms with E-state index in [1.54, 1.807) is 6.26 Å². The van der Waals surface area contributed by atoms with Gasteiger partial charge in [0.05, 0.1) is 13.1 Å². The van der Waals surface area contributed by atoms with Crippen LogP contribution in [0.4, 0.5) is 0 Å². The maximum Gasteiger partial charge on any atom is 0.226 e. The van der Waals surface area contributed by atoms with Gasteiger partial charge in [-0.3, -0.25) is 0 Å². The molecular weight excluding hydrogens is 378 g/mol. The van der Waals surface area contributed by atoms with Crippen molar-refractivity contribution in [2.45, 2.75) is 20.0 Å². The first-order valence-electron chi connectivity index (χ1n) is 9.85. The first-order chi connectivity index (χ1) is 14.8. The molecule has 2 N–H and O–H groups in total. The number of hydrogen-bond acceptors (Lipinski definition) is 5. The second kappa shape index (κ2) is 9.56. The number of oxazole rings is 1. The van der Waals surface area contributed by atoms with Crippen molar-refractivity contribution < 1.29 is 8.94 Å². The highest BCUT2D eigenvalue weighted by Crippen LogP contribution is 2.20. The smallest absolute Gasteiger partial charge is 0.226 e. The van der Waals surface area contributed by atoms with Crippen molar-refractivity contribution in [3.63, 3.8) is 0 Å². The van der Waals surface area contributed by atoms with Crippen LogP contribution in [0, 0.1) is 0 Å². The van der Waals surface area contributed by atoms with Gasteiger partial charge in [0.1, 0.15) is 17.7 Å². The molecule has 4 rings (SSSR count). The van der Waals surface area contributed by atoms with Gasteiger partial charge in [-0.1, -0.05) is 53.7 Å². The van der Waals surface area contributed by atoms with Crippen LogP contribution in [0.15, 0.2) is 86.9 Å². The molecule has 2 aromatic carbocycles. The van der Waals surface area contributed by atoms with E-state index in [9.17, 15) is 0 Å². The molecule has 4 aromatic rings. The molecule has 0 atom stereocenters. The highest BCUT2D eigenvalue weighted by molar-refractivity contribution is 5.79. The molecule has 0 saturated carbocycles. The highest BCUT2D eigenvalue weighted by atomic mass is 16.5. The zero-order chi connectivity index (χ0) is 20.6. The number of rotatable bonds is 7. The lowest BCUT2D eigenvalue weighted by atomic mass is 10.2. The number of aromatic nitrogens is 2. The summed E-state index contributed by atoms with van der Waals surface area (Å²) < 4.78 is 11.0. The Morgan fingerprint density at radius 1 is 0.933 bits per heavy atom. The van der Waals surface area contributed by atoms with Crippen molar-refractivity contribution in [2.24, 2.45) is 4.99 Å². The topological polar surface area (TPSA) is 88.5 Å². The Kier molecular flexibility index (Phi) is 6.19. The van der Waals surface area contributed by atoms with E-state index in [1.165, 1.54) is 0 Å². The Labute approximate surface area is 174 Å². The maximum atomic E-state index is 5.57. The molecule has 2 heterocycles. The SMILES string of the molecule is CCNC(=NCc1coc(-c2ccccc2)n1)NCc1cc(-c2ccccc2)on1. The summed E-state index contributed by atoms with van der Waals surface area (Å²) in [5.41, 5.74) is 3.50. The van der Waals surface area contributed by atoms with Crippen LogP contribution < -0.4 is 10.6 Å². The van der Waals surface area contributed by atoms with E-state index in [4.69, 9.17) is 8.94 Å². The summed E-state index contributed by atoms with van der Waals surface area (Å²) in [6.45, 7) is 3.66. The second-order valence-corrected chi connectivity index (χ2v) is 6.61. The number of guanidine groups is 1. The molecule has 7 heteroatoms. The third-order valence-corrected chi connectivity index (χ3v) is 4.37. The van der Waals surface area contributed by atoms with Crippen molar-refractivity contribution in [1.29, 1.82) is 0 Å². The minimum absolute atomic E-state index is 0.403. The average molecular weight is 401 g/mol. The number of aliphatic imine (C=N–C) groups is 1. The molecule has 0 radical (unpaired) electrons. The summed E-state index contributed by atoms with van der Waals surface area (Å²) in [4.78, 5) is 9.10. The molecule has 0 spiro atoms. The molecule has 7 nitrogen and oxygen atoms in total. The number of nitrogens with zero attached hydrogens (tertiary/aromatic N) is 3. The van der Waals surface area contributed by atoms with Crippen LogP contribution >= 0.6 is 0 Å². The third kappa shape index (κ3) is 4.94. The molecule has 0 aliphatic carbocycles. The molecule has 0 amide bonds. The van der Waals surface area contributed by atoms with Crippen LogP contribution in [0.5, 0.6) is 0 Å². The van der Waals surface area contributed by atoms with E-state index in [-0.39, 0.29) is 0 Å². The van der Waals surface area contributed by atoms with Gasteiger partial charge in [-0.25, -0.2) is 9.98 Å². The van der Waals surface area contributed by atoms with E-state index < -0.39 is 0 Å². The summed E-state index contributed by atoms with van der Waals surface area (Å²) in [6, 6.07) is 21.6. The molecule has 0 aliphatic rings. The first kappa shape index (κ1) is 19.4. The van der Waals surface area contributed by atoms with Gasteiger partial charge in [0.25, 0.3) is 0 Å². The molecule has 152 valence electrons. The van der Waals surface area contributed by atoms with E-state index in [0.29, 0.717) is 24.9 Å². The lowest BCUT2D eigenvalue weighted by molar-refractivity contribution is 0.422. The highest BCUT2D eigenvalue weighted by Gasteiger charge is 2.08. The zero-order valence-electron chi connectivity index (χ0n) is 16.7. The summed E-state index contributed by atoms with van der Waals surface area (Å²) in [6.07, 6.45) is 1.64. The van der Waals surface area contributed by atoms with Crippen LogP contribution in [-0.4, -0.2) is 22.6 Å². The predicted molar refractivity (Wildman–Crippen MR) is 116 cm³/mol. The van der Waals surface area contributed by atoms with Gasteiger partial charge in [-0.05, 0) is 19.1 Å². The van der Waals surface area contributed by atoms with Crippen LogP contribution in [0.3, 0.4) is 0 Å². The first-order valence-corrected chi connectivity index (χ1v) is 9.85. The fraction of sp³-hybridized carbons (Fsp3) is 0.174. The minimum atomic E-state index is 0.403. The Morgan fingerprint density at radius 2 is 1.67 bits per heavy atom. The Morgan fingerprint density at radius 3 is 2.40 bits per heavy atom. The Balaban J connectivity index is 1.38. The second-order valence-electron chi connectivity index (χ2n) is 6.61. The van der Waals surface area contributed by atoms with Gasteiger partial charge in [0, 0.05) is 23.7 Å². The third-order valence-electron chi connectivity index (χ3n) is 4.37. The number of nitrogens with one attached hydrogen (secondary N) is 2. The number of hydrogen-bond donors (Lipinski definition) is 2. The van der Waals surface area contributed by atoms with E-state index in [1.807, 2.05) is 73.7 Å². The normalized spacial score (nSPS) is 11.4. The predicted octanol–water partition coefficient (Wildman–Crippen LogP) is 4.25. The molecule has 2 aromatic heterocycles. The van der Waals surface area contributed by atoms with Crippen LogP contribution in [0.1, 0.15) is 18.3 Å². The summed E-state index contributed by atoms with van der Waals surface area (Å²) in [5, 5.41) is 10.6. The molecule has 30 heavy (non-hydrogen) atoms. The van der Waals surface area contributed by atoms with Gasteiger partial charge in [-0.2, -0.15) is 0 Å². The Bertz CT molecular complexity index is 1090. The molecule has 0 fully saturated rings. The van der Waals surface area contributed by atoms with Crippen molar-refractivity contribution in [1.82, 2.24) is 20.8 Å². The number of benzene rings is 2. The van der Waals surface area contributed by atoms with Crippen LogP contribution in [0.2, 0.25) is 0 Å². The zero-order valence-corrected chi connectivity index (χ0v) is 16.7. The summed E-state index contributed by atoms with van der Waals surface area (Å²) in [7, 11) is 0. The molecule has 0 saturated heterocycles. The molecule has 0 unspecified atom stereocenters. The van der Waals surface area contributed by atoms with Crippen molar-refractivity contribution in [3.05, 3.63) is 84.4 Å². The van der Waals surface area contributed by atoms with E-state index in [2.05, 4.69) is 25.8 Å². The molecule has 0 bridgehead atoms. The monoisotopic (exact) mass is 401 g/mol. The van der Waals surface area contributed by atoms with Gasteiger partial charge < -0.3 is 19.6 Å². The molecular formula is C23H23N5O2. The quantitative estimate of drug-likeness (QED) is 0.355. The fourth-order valence-electron chi connectivity index (χ4n) is 2.90. The van der Waals surface area contributed by atoms with Crippen LogP contribution in [0.25, 0.3) is 22.8 Å². The standard InChI is InChI=1S/C23H23N5O2/c1-2-24-23(25-14-19-13-21(30-28-19)17-9-5-3-6-10-17)26-15-20-16-29-22(27-20)18-11-7-4-8-12-18/h3-13,16H,2,14-15H2,1H3,(H2,24,25,26). The molecule has 0 aliphatic heterocycles.